The van der Waals surface area contributed by atoms with E-state index in [0.29, 0.717) is 10.9 Å². The van der Waals surface area contributed by atoms with Crippen molar-refractivity contribution in [1.82, 2.24) is 0 Å². The van der Waals surface area contributed by atoms with Crippen LogP contribution in [0.15, 0.2) is 24.3 Å². The van der Waals surface area contributed by atoms with Gasteiger partial charge in [0.15, 0.2) is 6.17 Å². The summed E-state index contributed by atoms with van der Waals surface area (Å²) in [4.78, 5) is 30.1. The number of esters is 1. The van der Waals surface area contributed by atoms with Crippen LogP contribution in [0.4, 0.5) is 8.78 Å². The Morgan fingerprint density at radius 1 is 1.39 bits per heavy atom. The molecule has 1 heterocycles. The van der Waals surface area contributed by atoms with E-state index in [1.807, 2.05) is 0 Å². The molecule has 0 aliphatic rings. The molecule has 23 heavy (non-hydrogen) atoms. The van der Waals surface area contributed by atoms with Gasteiger partial charge in [-0.25, -0.2) is 13.6 Å². The highest BCUT2D eigenvalue weighted by Crippen LogP contribution is 2.40. The van der Waals surface area contributed by atoms with Gasteiger partial charge < -0.3 is 14.5 Å². The van der Waals surface area contributed by atoms with Crippen molar-refractivity contribution in [3.8, 4) is 0 Å². The van der Waals surface area contributed by atoms with Crippen molar-refractivity contribution in [2.75, 3.05) is 6.67 Å². The zero-order valence-electron chi connectivity index (χ0n) is 12.1. The molecule has 2 N–H and O–H groups in total. The number of fused-ring (bicyclic) bond motifs is 1. The summed E-state index contributed by atoms with van der Waals surface area (Å²) in [5.74, 6) is -0.758. The van der Waals surface area contributed by atoms with Crippen molar-refractivity contribution in [2.24, 2.45) is 0 Å². The van der Waals surface area contributed by atoms with Crippen LogP contribution in [0.1, 0.15) is 22.2 Å². The SMILES string of the molecule is C[C@@H](OC(=O)c1cc2cc(CP(=O)(O)O)ccc2s1)C(F)CF. The summed E-state index contributed by atoms with van der Waals surface area (Å²) in [5.41, 5.74) is 0.443. The number of alkyl halides is 2. The second-order valence-electron chi connectivity index (χ2n) is 5.09. The number of rotatable bonds is 6. The molecule has 0 spiro atoms. The molecule has 0 aliphatic carbocycles. The second-order valence-corrected chi connectivity index (χ2v) is 7.82. The molecule has 0 aliphatic heterocycles. The number of hydrogen-bond donors (Lipinski definition) is 2. The fourth-order valence-electron chi connectivity index (χ4n) is 1.96. The Labute approximate surface area is 135 Å². The van der Waals surface area contributed by atoms with Crippen LogP contribution in [0.2, 0.25) is 0 Å². The van der Waals surface area contributed by atoms with Crippen LogP contribution in [0.5, 0.6) is 0 Å². The lowest BCUT2D eigenvalue weighted by atomic mass is 10.2. The van der Waals surface area contributed by atoms with Crippen molar-refractivity contribution in [3.63, 3.8) is 0 Å². The number of carbonyl (C=O) groups excluding carboxylic acids is 1. The zero-order chi connectivity index (χ0) is 17.2. The van der Waals surface area contributed by atoms with E-state index < -0.39 is 38.7 Å². The summed E-state index contributed by atoms with van der Waals surface area (Å²) in [6.07, 6.45) is -3.46. The first-order valence-corrected chi connectivity index (χ1v) is 9.29. The van der Waals surface area contributed by atoms with Crippen LogP contribution in [-0.2, 0) is 15.5 Å². The molecule has 2 rings (SSSR count). The summed E-state index contributed by atoms with van der Waals surface area (Å²) in [6.45, 7) is 0.0419. The van der Waals surface area contributed by atoms with E-state index >= 15 is 0 Å². The predicted octanol–water partition coefficient (Wildman–Crippen LogP) is 3.43. The van der Waals surface area contributed by atoms with Crippen molar-refractivity contribution in [1.29, 1.82) is 0 Å². The lowest BCUT2D eigenvalue weighted by Crippen LogP contribution is -2.26. The lowest BCUT2D eigenvalue weighted by Gasteiger charge is -2.14. The van der Waals surface area contributed by atoms with Gasteiger partial charge in [-0.3, -0.25) is 4.57 Å². The Hall–Kier alpha value is -1.34. The molecule has 126 valence electrons. The van der Waals surface area contributed by atoms with Crippen LogP contribution < -0.4 is 0 Å². The molecule has 2 atom stereocenters. The van der Waals surface area contributed by atoms with E-state index in [0.717, 1.165) is 16.0 Å². The number of carbonyl (C=O) groups is 1. The van der Waals surface area contributed by atoms with Gasteiger partial charge in [-0.05, 0) is 36.1 Å². The van der Waals surface area contributed by atoms with Crippen LogP contribution in [0, 0.1) is 0 Å². The molecule has 5 nitrogen and oxygen atoms in total. The number of thiophene rings is 1. The van der Waals surface area contributed by atoms with Gasteiger partial charge in [0.1, 0.15) is 17.7 Å². The summed E-state index contributed by atoms with van der Waals surface area (Å²) in [7, 11) is -4.18. The highest BCUT2D eigenvalue weighted by molar-refractivity contribution is 7.50. The van der Waals surface area contributed by atoms with Crippen molar-refractivity contribution < 1.29 is 32.7 Å². The maximum atomic E-state index is 13.1. The zero-order valence-corrected chi connectivity index (χ0v) is 13.8. The number of halogens is 2. The van der Waals surface area contributed by atoms with Crippen molar-refractivity contribution in [2.45, 2.75) is 25.4 Å². The third-order valence-corrected chi connectivity index (χ3v) is 4.99. The minimum Gasteiger partial charge on any atom is -0.455 e. The molecule has 9 heteroatoms. The molecule has 0 amide bonds. The Bertz CT molecular complexity index is 757. The van der Waals surface area contributed by atoms with E-state index in [-0.39, 0.29) is 4.88 Å². The Balaban J connectivity index is 2.19. The molecule has 0 bridgehead atoms. The first-order chi connectivity index (χ1) is 10.7. The number of benzene rings is 1. The first-order valence-electron chi connectivity index (χ1n) is 6.67. The predicted molar refractivity (Wildman–Crippen MR) is 83.3 cm³/mol. The van der Waals surface area contributed by atoms with E-state index in [1.54, 1.807) is 18.2 Å². The summed E-state index contributed by atoms with van der Waals surface area (Å²) in [6, 6.07) is 6.28. The first kappa shape index (κ1) is 18.0. The molecule has 1 unspecified atom stereocenters. The lowest BCUT2D eigenvalue weighted by molar-refractivity contribution is 0.00859. The van der Waals surface area contributed by atoms with Gasteiger partial charge in [0.25, 0.3) is 0 Å². The van der Waals surface area contributed by atoms with Gasteiger partial charge in [-0.1, -0.05) is 6.07 Å². The van der Waals surface area contributed by atoms with Crippen LogP contribution in [0.25, 0.3) is 10.1 Å². The summed E-state index contributed by atoms with van der Waals surface area (Å²) < 4.78 is 41.9. The Morgan fingerprint density at radius 3 is 2.70 bits per heavy atom. The summed E-state index contributed by atoms with van der Waals surface area (Å²) >= 11 is 1.11. The Morgan fingerprint density at radius 2 is 2.09 bits per heavy atom. The molecule has 0 saturated carbocycles. The Kier molecular flexibility index (Phi) is 5.52. The molecular weight excluding hydrogens is 349 g/mol. The molecule has 0 radical (unpaired) electrons. The topological polar surface area (TPSA) is 83.8 Å². The smallest absolute Gasteiger partial charge is 0.348 e. The van der Waals surface area contributed by atoms with Crippen molar-refractivity contribution in [3.05, 3.63) is 34.7 Å². The van der Waals surface area contributed by atoms with Gasteiger partial charge >= 0.3 is 13.6 Å². The standard InChI is InChI=1S/C14H15F2O5PS/c1-8(11(16)6-15)21-14(17)13-5-10-4-9(7-22(18,19)20)2-3-12(10)23-13/h2-5,8,11H,6-7H2,1H3,(H2,18,19,20)/t8-,11?/m1/s1. The van der Waals surface area contributed by atoms with Crippen LogP contribution >= 0.6 is 18.9 Å². The fourth-order valence-corrected chi connectivity index (χ4v) is 3.55. The minimum absolute atomic E-state index is 0.214. The quantitative estimate of drug-likeness (QED) is 0.606. The van der Waals surface area contributed by atoms with Crippen LogP contribution in [-0.4, -0.2) is 34.7 Å². The van der Waals surface area contributed by atoms with E-state index in [1.165, 1.54) is 13.0 Å². The monoisotopic (exact) mass is 364 g/mol. The molecule has 1 aromatic carbocycles. The van der Waals surface area contributed by atoms with Gasteiger partial charge in [-0.2, -0.15) is 0 Å². The second kappa shape index (κ2) is 7.05. The van der Waals surface area contributed by atoms with Gasteiger partial charge in [0.2, 0.25) is 0 Å². The maximum Gasteiger partial charge on any atom is 0.348 e. The molecule has 0 saturated heterocycles. The van der Waals surface area contributed by atoms with E-state index in [9.17, 15) is 18.1 Å². The number of hydrogen-bond acceptors (Lipinski definition) is 4. The van der Waals surface area contributed by atoms with E-state index in [2.05, 4.69) is 0 Å². The van der Waals surface area contributed by atoms with Gasteiger partial charge in [0.05, 0.1) is 6.16 Å². The fraction of sp³-hybridized carbons (Fsp3) is 0.357. The molecule has 1 aromatic heterocycles. The minimum atomic E-state index is -4.18. The van der Waals surface area contributed by atoms with Crippen molar-refractivity contribution >= 4 is 35.0 Å². The molecule has 2 aromatic rings. The summed E-state index contributed by atoms with van der Waals surface area (Å²) in [5, 5.41) is 0.628. The largest absolute Gasteiger partial charge is 0.455 e. The third-order valence-electron chi connectivity index (χ3n) is 3.12. The molecule has 0 fully saturated rings. The normalized spacial score (nSPS) is 14.7. The van der Waals surface area contributed by atoms with Crippen LogP contribution in [0.3, 0.4) is 0 Å². The van der Waals surface area contributed by atoms with Gasteiger partial charge in [0, 0.05) is 4.70 Å². The highest BCUT2D eigenvalue weighted by Gasteiger charge is 2.22. The number of ether oxygens (including phenoxy) is 1. The molecular formula is C14H15F2O5PS. The van der Waals surface area contributed by atoms with E-state index in [4.69, 9.17) is 14.5 Å². The van der Waals surface area contributed by atoms with Gasteiger partial charge in [-0.15, -0.1) is 11.3 Å². The maximum absolute atomic E-state index is 13.1. The average Bonchev–Trinajstić information content (AvgIpc) is 2.87. The third kappa shape index (κ3) is 4.81. The highest BCUT2D eigenvalue weighted by atomic mass is 32.1. The average molecular weight is 364 g/mol.